The molecule has 16 nitrogen and oxygen atoms in total. The zero-order chi connectivity index (χ0) is 27.1. The molecule has 2 unspecified atom stereocenters. The maximum atomic E-state index is 9.98. The summed E-state index contributed by atoms with van der Waals surface area (Å²) in [5.41, 5.74) is 2.61. The van der Waals surface area contributed by atoms with Crippen LogP contribution in [0.2, 0.25) is 5.15 Å². The Labute approximate surface area is 218 Å². The minimum atomic E-state index is -1.19. The van der Waals surface area contributed by atoms with Crippen molar-refractivity contribution in [1.29, 1.82) is 0 Å². The predicted octanol–water partition coefficient (Wildman–Crippen LogP) is -2.16. The highest BCUT2D eigenvalue weighted by Gasteiger charge is 2.45. The van der Waals surface area contributed by atoms with Gasteiger partial charge in [-0.1, -0.05) is 11.6 Å². The highest BCUT2D eigenvalue weighted by atomic mass is 35.5. The third-order valence-corrected chi connectivity index (χ3v) is 6.72. The van der Waals surface area contributed by atoms with E-state index < -0.39 is 55.7 Å². The van der Waals surface area contributed by atoms with Crippen LogP contribution in [0.25, 0.3) is 22.3 Å². The zero-order valence-electron chi connectivity index (χ0n) is 19.8. The fraction of sp³-hybridized carbons (Fsp3) is 0.524. The molecule has 38 heavy (non-hydrogen) atoms. The van der Waals surface area contributed by atoms with Crippen molar-refractivity contribution in [3.63, 3.8) is 0 Å². The summed E-state index contributed by atoms with van der Waals surface area (Å²) in [4.78, 5) is 24.2. The number of aromatic nitrogens is 8. The number of halogens is 1. The molecule has 0 radical (unpaired) electrons. The van der Waals surface area contributed by atoms with E-state index in [1.165, 1.54) is 34.4 Å². The minimum absolute atomic E-state index is 0.190. The van der Waals surface area contributed by atoms with Crippen molar-refractivity contribution in [2.45, 2.75) is 56.0 Å². The third kappa shape index (κ3) is 4.49. The Morgan fingerprint density at radius 2 is 1.18 bits per heavy atom. The van der Waals surface area contributed by atoms with Gasteiger partial charge >= 0.3 is 0 Å². The first kappa shape index (κ1) is 26.7. The van der Waals surface area contributed by atoms with E-state index in [0.29, 0.717) is 22.3 Å². The molecule has 204 valence electrons. The highest BCUT2D eigenvalue weighted by molar-refractivity contribution is 6.33. The summed E-state index contributed by atoms with van der Waals surface area (Å²) in [5.74, 6) is 0. The van der Waals surface area contributed by atoms with E-state index in [9.17, 15) is 20.4 Å². The van der Waals surface area contributed by atoms with Crippen molar-refractivity contribution < 1.29 is 40.1 Å². The lowest BCUT2D eigenvalue weighted by atomic mass is 10.1. The van der Waals surface area contributed by atoms with Gasteiger partial charge in [0.2, 0.25) is 0 Å². The van der Waals surface area contributed by atoms with Crippen LogP contribution in [0.3, 0.4) is 0 Å². The predicted molar refractivity (Wildman–Crippen MR) is 126 cm³/mol. The summed E-state index contributed by atoms with van der Waals surface area (Å²) in [6, 6.07) is 0. The van der Waals surface area contributed by atoms with Gasteiger partial charge < -0.3 is 40.1 Å². The molecule has 17 heteroatoms. The first-order valence-corrected chi connectivity index (χ1v) is 11.9. The van der Waals surface area contributed by atoms with Crippen molar-refractivity contribution >= 4 is 33.9 Å². The lowest BCUT2D eigenvalue weighted by Crippen LogP contribution is -2.33. The van der Waals surface area contributed by atoms with Crippen LogP contribution in [0.5, 0.6) is 0 Å². The molecule has 0 aliphatic carbocycles. The Balaban J connectivity index is 0.000000155. The Hall–Kier alpha value is -2.93. The molecule has 4 aromatic rings. The van der Waals surface area contributed by atoms with E-state index in [-0.39, 0.29) is 11.8 Å². The molecule has 0 bridgehead atoms. The molecule has 6 N–H and O–H groups in total. The van der Waals surface area contributed by atoms with Gasteiger partial charge in [-0.05, 0) is 6.92 Å². The number of hydrogen-bond donors (Lipinski definition) is 6. The van der Waals surface area contributed by atoms with Gasteiger partial charge in [-0.25, -0.2) is 29.9 Å². The van der Waals surface area contributed by atoms with E-state index in [0.717, 1.165) is 5.69 Å². The van der Waals surface area contributed by atoms with Crippen molar-refractivity contribution in [2.75, 3.05) is 13.2 Å². The topological polar surface area (TPSA) is 227 Å². The SMILES string of the molecule is Cc1ncnc2c1ncn2[C@@H]1O[C@H](CO)C(O)[C@@H]1O.OC[C@H]1O[C@@H](n2cnc3c(Cl)ncnc32)[C@@H](O)C1O. The second-order valence-corrected chi connectivity index (χ2v) is 9.09. The average Bonchev–Trinajstić information content (AvgIpc) is 3.67. The van der Waals surface area contributed by atoms with Gasteiger partial charge in [0.05, 0.1) is 31.6 Å². The Bertz CT molecular complexity index is 1310. The van der Waals surface area contributed by atoms with E-state index in [1.807, 2.05) is 0 Å². The van der Waals surface area contributed by atoms with Gasteiger partial charge in [-0.15, -0.1) is 0 Å². The normalized spacial score (nSPS) is 31.2. The van der Waals surface area contributed by atoms with E-state index in [4.69, 9.17) is 31.3 Å². The molecular formula is C21H25ClN8O8. The number of hydrogen-bond acceptors (Lipinski definition) is 14. The van der Waals surface area contributed by atoms with E-state index in [1.54, 1.807) is 6.92 Å². The standard InChI is InChI=1S/C11H14N4O4.C10H11ClN4O4/c1-5-7-10(13-3-12-5)15(4-14-7)11-9(18)8(17)6(2-16)19-11;11-8-5-9(13-2-12-8)15(3-14-5)10-7(18)6(17)4(1-16)19-10/h3-4,6,8-9,11,16-18H,2H2,1H3;2-4,6-7,10,16-18H,1H2/t6-,8?,9+,11-;4-,6?,7+,10-/m11/s1. The van der Waals surface area contributed by atoms with Crippen LogP contribution in [0.4, 0.5) is 0 Å². The molecule has 0 spiro atoms. The lowest BCUT2D eigenvalue weighted by molar-refractivity contribution is -0.0511. The maximum Gasteiger partial charge on any atom is 0.167 e. The number of aliphatic hydroxyl groups excluding tert-OH is 6. The first-order chi connectivity index (χ1) is 18.3. The van der Waals surface area contributed by atoms with Gasteiger partial charge in [0.25, 0.3) is 0 Å². The van der Waals surface area contributed by atoms with Crippen LogP contribution in [0.1, 0.15) is 18.1 Å². The summed E-state index contributed by atoms with van der Waals surface area (Å²) in [6.07, 6.45) is -2.50. The average molecular weight is 553 g/mol. The quantitative estimate of drug-likeness (QED) is 0.148. The number of imidazole rings is 2. The van der Waals surface area contributed by atoms with Crippen molar-refractivity contribution in [3.8, 4) is 0 Å². The Morgan fingerprint density at radius 1 is 0.711 bits per heavy atom. The number of nitrogens with zero attached hydrogens (tertiary/aromatic N) is 8. The second kappa shape index (κ2) is 10.7. The van der Waals surface area contributed by atoms with Gasteiger partial charge in [-0.2, -0.15) is 0 Å². The molecular weight excluding hydrogens is 528 g/mol. The molecule has 2 aliphatic rings. The van der Waals surface area contributed by atoms with Gasteiger partial charge in [0.1, 0.15) is 60.3 Å². The molecule has 2 saturated heterocycles. The minimum Gasteiger partial charge on any atom is -0.394 e. The number of fused-ring (bicyclic) bond motifs is 2. The van der Waals surface area contributed by atoms with Crippen LogP contribution >= 0.6 is 11.6 Å². The second-order valence-electron chi connectivity index (χ2n) is 8.73. The number of aliphatic hydroxyl groups is 6. The van der Waals surface area contributed by atoms with E-state index in [2.05, 4.69) is 29.9 Å². The van der Waals surface area contributed by atoms with Crippen molar-refractivity contribution in [3.05, 3.63) is 36.2 Å². The molecule has 0 saturated carbocycles. The number of ether oxygens (including phenoxy) is 2. The summed E-state index contributed by atoms with van der Waals surface area (Å²) in [6.45, 7) is 1.05. The summed E-state index contributed by atoms with van der Waals surface area (Å²) in [7, 11) is 0. The molecule has 6 heterocycles. The fourth-order valence-electron chi connectivity index (χ4n) is 4.38. The molecule has 2 aliphatic heterocycles. The Kier molecular flexibility index (Phi) is 7.49. The first-order valence-electron chi connectivity index (χ1n) is 11.5. The fourth-order valence-corrected chi connectivity index (χ4v) is 4.56. The van der Waals surface area contributed by atoms with Crippen molar-refractivity contribution in [1.82, 2.24) is 39.0 Å². The van der Waals surface area contributed by atoms with Crippen LogP contribution in [0.15, 0.2) is 25.3 Å². The highest BCUT2D eigenvalue weighted by Crippen LogP contribution is 2.32. The van der Waals surface area contributed by atoms with Crippen LogP contribution in [-0.4, -0.2) is 120 Å². The summed E-state index contributed by atoms with van der Waals surface area (Å²) in [5, 5.41) is 57.7. The smallest absolute Gasteiger partial charge is 0.167 e. The summed E-state index contributed by atoms with van der Waals surface area (Å²) >= 11 is 5.88. The number of aryl methyl sites for hydroxylation is 1. The molecule has 6 rings (SSSR count). The van der Waals surface area contributed by atoms with Gasteiger partial charge in [-0.3, -0.25) is 9.13 Å². The van der Waals surface area contributed by atoms with Crippen molar-refractivity contribution in [2.24, 2.45) is 0 Å². The third-order valence-electron chi connectivity index (χ3n) is 6.44. The Morgan fingerprint density at radius 3 is 1.68 bits per heavy atom. The molecule has 0 aromatic carbocycles. The molecule has 4 aromatic heterocycles. The number of rotatable bonds is 4. The molecule has 2 fully saturated rings. The summed E-state index contributed by atoms with van der Waals surface area (Å²) < 4.78 is 13.8. The van der Waals surface area contributed by atoms with E-state index >= 15 is 0 Å². The molecule has 0 amide bonds. The lowest BCUT2D eigenvalue weighted by Gasteiger charge is -2.16. The van der Waals surface area contributed by atoms with Crippen LogP contribution in [-0.2, 0) is 9.47 Å². The van der Waals surface area contributed by atoms with Crippen LogP contribution in [0, 0.1) is 6.92 Å². The van der Waals surface area contributed by atoms with Crippen LogP contribution < -0.4 is 0 Å². The zero-order valence-corrected chi connectivity index (χ0v) is 20.6. The largest absolute Gasteiger partial charge is 0.394 e. The van der Waals surface area contributed by atoms with Gasteiger partial charge in [0, 0.05) is 0 Å². The maximum absolute atomic E-state index is 9.98. The monoisotopic (exact) mass is 552 g/mol. The van der Waals surface area contributed by atoms with Gasteiger partial charge in [0.15, 0.2) is 28.9 Å². The molecule has 8 atom stereocenters.